The fraction of sp³-hybridized carbons (Fsp3) is 0.370. The molecule has 5 aromatic rings. The summed E-state index contributed by atoms with van der Waals surface area (Å²) in [5.74, 6) is 0.699. The molecule has 0 saturated carbocycles. The van der Waals surface area contributed by atoms with Gasteiger partial charge in [-0.1, -0.05) is 62.3 Å². The lowest BCUT2D eigenvalue weighted by atomic mass is 9.97. The van der Waals surface area contributed by atoms with E-state index in [1.807, 2.05) is 84.1 Å². The molecule has 0 bridgehead atoms. The highest BCUT2D eigenvalue weighted by molar-refractivity contribution is 5.99. The summed E-state index contributed by atoms with van der Waals surface area (Å²) >= 11 is 0. The van der Waals surface area contributed by atoms with E-state index in [1.165, 1.54) is 5.56 Å². The van der Waals surface area contributed by atoms with E-state index in [1.54, 1.807) is 11.9 Å². The number of nitrogens with zero attached hydrogens (tertiary/aromatic N) is 7. The van der Waals surface area contributed by atoms with Crippen LogP contribution in [0.1, 0.15) is 85.8 Å². The molecule has 314 valence electrons. The number of aromatic nitrogens is 3. The number of piperazine rings is 1. The summed E-state index contributed by atoms with van der Waals surface area (Å²) in [6.45, 7) is 16.9. The predicted molar refractivity (Wildman–Crippen MR) is 237 cm³/mol. The average Bonchev–Trinajstić information content (AvgIpc) is 3.78. The Balaban J connectivity index is 0.947. The molecule has 0 spiro atoms. The van der Waals surface area contributed by atoms with Gasteiger partial charge in [0, 0.05) is 81.3 Å². The number of rotatable bonds is 15. The first-order valence-electron chi connectivity index (χ1n) is 20.4. The van der Waals surface area contributed by atoms with Gasteiger partial charge in [-0.25, -0.2) is 9.78 Å². The number of anilines is 3. The third kappa shape index (κ3) is 11.0. The van der Waals surface area contributed by atoms with Crippen molar-refractivity contribution >= 4 is 41.1 Å². The predicted octanol–water partition coefficient (Wildman–Crippen LogP) is 7.16. The van der Waals surface area contributed by atoms with Gasteiger partial charge >= 0.3 is 6.03 Å². The second-order valence-corrected chi connectivity index (χ2v) is 16.1. The molecule has 2 aromatic heterocycles. The number of pyridine rings is 1. The number of hydrazone groups is 1. The molecule has 0 radical (unpaired) electrons. The second-order valence-electron chi connectivity index (χ2n) is 16.1. The van der Waals surface area contributed by atoms with E-state index < -0.39 is 0 Å². The highest BCUT2D eigenvalue weighted by Gasteiger charge is 2.25. The van der Waals surface area contributed by atoms with Crippen LogP contribution in [0.4, 0.5) is 22.0 Å². The third-order valence-electron chi connectivity index (χ3n) is 10.7. The molecule has 60 heavy (non-hydrogen) atoms. The van der Waals surface area contributed by atoms with Crippen LogP contribution in [0.2, 0.25) is 0 Å². The summed E-state index contributed by atoms with van der Waals surface area (Å²) < 4.78 is 5.28. The first kappa shape index (κ1) is 43.2. The van der Waals surface area contributed by atoms with Crippen LogP contribution in [0.15, 0.2) is 94.7 Å². The van der Waals surface area contributed by atoms with Gasteiger partial charge in [-0.15, -0.1) is 0 Å². The summed E-state index contributed by atoms with van der Waals surface area (Å²) in [5, 5.41) is 14.1. The molecule has 0 unspecified atom stereocenters. The van der Waals surface area contributed by atoms with Crippen molar-refractivity contribution in [2.75, 3.05) is 61.5 Å². The third-order valence-corrected chi connectivity index (χ3v) is 10.7. The van der Waals surface area contributed by atoms with Crippen molar-refractivity contribution in [1.29, 1.82) is 0 Å². The zero-order valence-corrected chi connectivity index (χ0v) is 35.7. The summed E-state index contributed by atoms with van der Waals surface area (Å²) in [6.07, 6.45) is 3.95. The van der Waals surface area contributed by atoms with Gasteiger partial charge in [-0.2, -0.15) is 10.1 Å². The largest absolute Gasteiger partial charge is 0.369 e. The Morgan fingerprint density at radius 2 is 1.68 bits per heavy atom. The fourth-order valence-corrected chi connectivity index (χ4v) is 7.07. The monoisotopic (exact) mass is 812 g/mol. The van der Waals surface area contributed by atoms with E-state index in [0.717, 1.165) is 90.3 Å². The Kier molecular flexibility index (Phi) is 14.1. The maximum absolute atomic E-state index is 12.8. The zero-order chi connectivity index (χ0) is 42.8. The SMILES string of the molecule is CNC(=O)N(CCC=O)c1ccc(N2CCN(CCc3ccc(-c4ccc(N/N=C(\C)c5ccc([C@@H](C)NC(=O)c6noc(C(C)(C)C)n6)c(C)c5)nc4)cc3)CC2)cc1. The first-order chi connectivity index (χ1) is 28.8. The number of benzene rings is 3. The smallest absolute Gasteiger partial charge is 0.321 e. The highest BCUT2D eigenvalue weighted by atomic mass is 16.5. The molecule has 6 rings (SSSR count). The van der Waals surface area contributed by atoms with Crippen LogP contribution in [-0.2, 0) is 16.6 Å². The van der Waals surface area contributed by atoms with Gasteiger partial charge in [0.05, 0.1) is 11.8 Å². The molecule has 1 aliphatic rings. The van der Waals surface area contributed by atoms with Crippen molar-refractivity contribution in [1.82, 2.24) is 30.7 Å². The molecule has 3 aromatic carbocycles. The number of urea groups is 1. The molecule has 1 fully saturated rings. The maximum atomic E-state index is 12.8. The Morgan fingerprint density at radius 3 is 2.30 bits per heavy atom. The number of hydrogen-bond acceptors (Lipinski definition) is 11. The second kappa shape index (κ2) is 19.6. The van der Waals surface area contributed by atoms with E-state index in [-0.39, 0.29) is 35.6 Å². The van der Waals surface area contributed by atoms with Crippen LogP contribution in [0.25, 0.3) is 11.1 Å². The molecule has 3 heterocycles. The number of aryl methyl sites for hydroxylation is 1. The highest BCUT2D eigenvalue weighted by Crippen LogP contribution is 2.25. The molecule has 14 heteroatoms. The lowest BCUT2D eigenvalue weighted by Gasteiger charge is -2.36. The van der Waals surface area contributed by atoms with Crippen LogP contribution in [-0.4, -0.2) is 90.3 Å². The quantitative estimate of drug-likeness (QED) is 0.0562. The Labute approximate surface area is 352 Å². The van der Waals surface area contributed by atoms with Crippen LogP contribution in [0, 0.1) is 6.92 Å². The van der Waals surface area contributed by atoms with Crippen LogP contribution < -0.4 is 25.9 Å². The van der Waals surface area contributed by atoms with Crippen molar-refractivity contribution in [2.24, 2.45) is 5.10 Å². The number of carbonyl (C=O) groups is 3. The van der Waals surface area contributed by atoms with Crippen molar-refractivity contribution < 1.29 is 18.9 Å². The zero-order valence-electron chi connectivity index (χ0n) is 35.7. The summed E-state index contributed by atoms with van der Waals surface area (Å²) in [4.78, 5) is 51.4. The van der Waals surface area contributed by atoms with Crippen LogP contribution in [0.5, 0.6) is 0 Å². The van der Waals surface area contributed by atoms with E-state index in [4.69, 9.17) is 4.52 Å². The lowest BCUT2D eigenvalue weighted by Crippen LogP contribution is -2.47. The van der Waals surface area contributed by atoms with Crippen molar-refractivity contribution in [3.8, 4) is 11.1 Å². The lowest BCUT2D eigenvalue weighted by molar-refractivity contribution is -0.107. The summed E-state index contributed by atoms with van der Waals surface area (Å²) in [5.41, 5.74) is 11.8. The number of carbonyl (C=O) groups excluding carboxylic acids is 3. The molecule has 1 atom stereocenters. The standard InChI is InChI=1S/C46H56N10O4/c1-31-29-36(13-19-40(31)33(3)49-43(58)42-50-44(60-53-42)46(4,5)6)32(2)51-52-41-20-14-37(30-48-41)35-11-9-34(10-12-35)21-23-54-24-26-55(27-25-54)38-15-17-39(18-16-38)56(22-8-28-57)45(59)47-7/h9-20,28-30,33H,8,21-27H2,1-7H3,(H,47,59)(H,48,52)(H,49,58)/b51-32+/t33-/m1/s1. The number of aldehydes is 1. The molecular formula is C46H56N10O4. The van der Waals surface area contributed by atoms with Gasteiger partial charge in [-0.3, -0.25) is 20.0 Å². The Morgan fingerprint density at radius 1 is 0.967 bits per heavy atom. The van der Waals surface area contributed by atoms with Crippen molar-refractivity contribution in [3.63, 3.8) is 0 Å². The van der Waals surface area contributed by atoms with Gasteiger partial charge in [0.15, 0.2) is 0 Å². The molecule has 1 aliphatic heterocycles. The van der Waals surface area contributed by atoms with Gasteiger partial charge < -0.3 is 24.9 Å². The van der Waals surface area contributed by atoms with E-state index in [9.17, 15) is 14.4 Å². The van der Waals surface area contributed by atoms with E-state index in [2.05, 4.69) is 88.5 Å². The molecule has 1 saturated heterocycles. The minimum absolute atomic E-state index is 0.0215. The van der Waals surface area contributed by atoms with Gasteiger partial charge in [-0.05, 0) is 97.5 Å². The molecule has 3 N–H and O–H groups in total. The topological polar surface area (TPSA) is 161 Å². The summed E-state index contributed by atoms with van der Waals surface area (Å²) in [7, 11) is 1.59. The Bertz CT molecular complexity index is 2260. The molecule has 0 aliphatic carbocycles. The molecule has 14 nitrogen and oxygen atoms in total. The van der Waals surface area contributed by atoms with Gasteiger partial charge in [0.25, 0.3) is 11.7 Å². The van der Waals surface area contributed by atoms with Crippen LogP contribution in [0.3, 0.4) is 0 Å². The average molecular weight is 813 g/mol. The Hall–Kier alpha value is -6.41. The van der Waals surface area contributed by atoms with E-state index >= 15 is 0 Å². The molecule has 3 amide bonds. The van der Waals surface area contributed by atoms with Crippen LogP contribution >= 0.6 is 0 Å². The minimum Gasteiger partial charge on any atom is -0.369 e. The van der Waals surface area contributed by atoms with E-state index in [0.29, 0.717) is 18.3 Å². The first-order valence-corrected chi connectivity index (χ1v) is 20.4. The fourth-order valence-electron chi connectivity index (χ4n) is 7.07. The van der Waals surface area contributed by atoms with Gasteiger partial charge in [0.2, 0.25) is 5.89 Å². The summed E-state index contributed by atoms with van der Waals surface area (Å²) in [6, 6.07) is 26.2. The van der Waals surface area contributed by atoms with Gasteiger partial charge in [0.1, 0.15) is 12.1 Å². The normalized spacial score (nSPS) is 14.1. The molecular weight excluding hydrogens is 757 g/mol. The number of hydrogen-bond donors (Lipinski definition) is 3. The number of nitrogens with one attached hydrogen (secondary N) is 3. The maximum Gasteiger partial charge on any atom is 0.321 e. The van der Waals surface area contributed by atoms with Crippen molar-refractivity contribution in [2.45, 2.75) is 65.8 Å². The van der Waals surface area contributed by atoms with Crippen molar-refractivity contribution in [3.05, 3.63) is 119 Å². The minimum atomic E-state index is -0.384. The number of amides is 3.